The van der Waals surface area contributed by atoms with Crippen LogP contribution in [0.5, 0.6) is 0 Å². The SMILES string of the molecule is Cc1nc(C)c(C(C)NC(N)=O)s1. The third kappa shape index (κ3) is 2.42. The third-order valence-corrected chi connectivity index (χ3v) is 2.95. The molecule has 0 bridgehead atoms. The summed E-state index contributed by atoms with van der Waals surface area (Å²) < 4.78 is 0. The lowest BCUT2D eigenvalue weighted by Crippen LogP contribution is -2.31. The molecule has 0 aromatic carbocycles. The van der Waals surface area contributed by atoms with Gasteiger partial charge < -0.3 is 11.1 Å². The molecule has 1 aromatic rings. The minimum atomic E-state index is -0.502. The predicted molar refractivity (Wildman–Crippen MR) is 52.7 cm³/mol. The number of hydrogen-bond donors (Lipinski definition) is 2. The zero-order valence-electron chi connectivity index (χ0n) is 7.92. The molecule has 2 amide bonds. The van der Waals surface area contributed by atoms with Crippen LogP contribution in [0.4, 0.5) is 4.79 Å². The Morgan fingerprint density at radius 3 is 2.62 bits per heavy atom. The van der Waals surface area contributed by atoms with Gasteiger partial charge in [-0.25, -0.2) is 9.78 Å². The molecule has 0 aliphatic heterocycles. The largest absolute Gasteiger partial charge is 0.352 e. The topological polar surface area (TPSA) is 68.0 Å². The van der Waals surface area contributed by atoms with Gasteiger partial charge in [0.25, 0.3) is 0 Å². The minimum Gasteiger partial charge on any atom is -0.352 e. The van der Waals surface area contributed by atoms with Crippen molar-refractivity contribution in [1.82, 2.24) is 10.3 Å². The Kier molecular flexibility index (Phi) is 2.87. The number of aryl methyl sites for hydroxylation is 2. The van der Waals surface area contributed by atoms with Crippen LogP contribution in [0.2, 0.25) is 0 Å². The zero-order valence-corrected chi connectivity index (χ0v) is 8.73. The van der Waals surface area contributed by atoms with Crippen LogP contribution in [0.25, 0.3) is 0 Å². The highest BCUT2D eigenvalue weighted by atomic mass is 32.1. The second-order valence-corrected chi connectivity index (χ2v) is 4.15. The summed E-state index contributed by atoms with van der Waals surface area (Å²) >= 11 is 1.58. The zero-order chi connectivity index (χ0) is 10.0. The van der Waals surface area contributed by atoms with E-state index in [1.54, 1.807) is 11.3 Å². The van der Waals surface area contributed by atoms with Gasteiger partial charge in [-0.15, -0.1) is 11.3 Å². The molecular formula is C8H13N3OS. The number of carbonyl (C=O) groups excluding carboxylic acids is 1. The van der Waals surface area contributed by atoms with Crippen LogP contribution in [-0.4, -0.2) is 11.0 Å². The Bertz CT molecular complexity index is 321. The summed E-state index contributed by atoms with van der Waals surface area (Å²) in [6.45, 7) is 5.76. The highest BCUT2D eigenvalue weighted by molar-refractivity contribution is 7.11. The molecule has 0 aliphatic carbocycles. The summed E-state index contributed by atoms with van der Waals surface area (Å²) in [7, 11) is 0. The molecule has 0 radical (unpaired) electrons. The number of nitrogens with zero attached hydrogens (tertiary/aromatic N) is 1. The molecule has 1 aromatic heterocycles. The molecule has 1 heterocycles. The van der Waals surface area contributed by atoms with Crippen LogP contribution in [0.15, 0.2) is 0 Å². The van der Waals surface area contributed by atoms with Crippen LogP contribution in [0, 0.1) is 13.8 Å². The van der Waals surface area contributed by atoms with E-state index in [2.05, 4.69) is 10.3 Å². The van der Waals surface area contributed by atoms with E-state index in [1.165, 1.54) is 0 Å². The van der Waals surface area contributed by atoms with E-state index in [0.29, 0.717) is 0 Å². The van der Waals surface area contributed by atoms with E-state index >= 15 is 0 Å². The predicted octanol–water partition coefficient (Wildman–Crippen LogP) is 1.49. The number of aromatic nitrogens is 1. The molecule has 3 N–H and O–H groups in total. The molecule has 13 heavy (non-hydrogen) atoms. The van der Waals surface area contributed by atoms with Crippen LogP contribution < -0.4 is 11.1 Å². The van der Waals surface area contributed by atoms with Crippen LogP contribution >= 0.6 is 11.3 Å². The lowest BCUT2D eigenvalue weighted by Gasteiger charge is -2.09. The average molecular weight is 199 g/mol. The van der Waals surface area contributed by atoms with Crippen molar-refractivity contribution in [2.45, 2.75) is 26.8 Å². The normalized spacial score (nSPS) is 12.5. The highest BCUT2D eigenvalue weighted by Gasteiger charge is 2.13. The first-order valence-corrected chi connectivity index (χ1v) is 4.82. The number of thiazole rings is 1. The van der Waals surface area contributed by atoms with Crippen LogP contribution in [0.3, 0.4) is 0 Å². The molecule has 5 heteroatoms. The van der Waals surface area contributed by atoms with Crippen molar-refractivity contribution in [2.75, 3.05) is 0 Å². The second-order valence-electron chi connectivity index (χ2n) is 2.91. The Hall–Kier alpha value is -1.10. The van der Waals surface area contributed by atoms with Crippen molar-refractivity contribution >= 4 is 17.4 Å². The number of primary amides is 1. The minimum absolute atomic E-state index is 0.0521. The Balaban J connectivity index is 2.81. The lowest BCUT2D eigenvalue weighted by atomic mass is 10.2. The molecule has 72 valence electrons. The van der Waals surface area contributed by atoms with Gasteiger partial charge in [-0.2, -0.15) is 0 Å². The van der Waals surface area contributed by atoms with Crippen LogP contribution in [-0.2, 0) is 0 Å². The molecule has 1 atom stereocenters. The molecule has 0 spiro atoms. The van der Waals surface area contributed by atoms with Gasteiger partial charge in [0.1, 0.15) is 0 Å². The maximum Gasteiger partial charge on any atom is 0.312 e. The number of amides is 2. The van der Waals surface area contributed by atoms with E-state index in [9.17, 15) is 4.79 Å². The van der Waals surface area contributed by atoms with Gasteiger partial charge in [0.15, 0.2) is 0 Å². The summed E-state index contributed by atoms with van der Waals surface area (Å²) in [6, 6.07) is -0.554. The maximum absolute atomic E-state index is 10.6. The molecule has 0 saturated heterocycles. The molecule has 4 nitrogen and oxygen atoms in total. The van der Waals surface area contributed by atoms with E-state index in [1.807, 2.05) is 20.8 Å². The first kappa shape index (κ1) is 9.98. The van der Waals surface area contributed by atoms with Crippen molar-refractivity contribution in [1.29, 1.82) is 0 Å². The maximum atomic E-state index is 10.6. The number of carbonyl (C=O) groups is 1. The Morgan fingerprint density at radius 2 is 2.23 bits per heavy atom. The van der Waals surface area contributed by atoms with Crippen molar-refractivity contribution in [3.05, 3.63) is 15.6 Å². The van der Waals surface area contributed by atoms with Gasteiger partial charge in [0.2, 0.25) is 0 Å². The van der Waals surface area contributed by atoms with Gasteiger partial charge in [-0.3, -0.25) is 0 Å². The first-order valence-electron chi connectivity index (χ1n) is 4.00. The second kappa shape index (κ2) is 3.74. The fourth-order valence-corrected chi connectivity index (χ4v) is 2.16. The smallest absolute Gasteiger partial charge is 0.312 e. The van der Waals surface area contributed by atoms with Gasteiger partial charge >= 0.3 is 6.03 Å². The van der Waals surface area contributed by atoms with Gasteiger partial charge in [-0.1, -0.05) is 0 Å². The summed E-state index contributed by atoms with van der Waals surface area (Å²) in [5.41, 5.74) is 5.98. The van der Waals surface area contributed by atoms with E-state index in [0.717, 1.165) is 15.6 Å². The molecular weight excluding hydrogens is 186 g/mol. The number of rotatable bonds is 2. The monoisotopic (exact) mass is 199 g/mol. The molecule has 0 aliphatic rings. The molecule has 1 rings (SSSR count). The van der Waals surface area contributed by atoms with E-state index in [4.69, 9.17) is 5.73 Å². The van der Waals surface area contributed by atoms with Crippen molar-refractivity contribution < 1.29 is 4.79 Å². The fraction of sp³-hybridized carbons (Fsp3) is 0.500. The number of nitrogens with one attached hydrogen (secondary N) is 1. The first-order chi connectivity index (χ1) is 6.00. The summed E-state index contributed by atoms with van der Waals surface area (Å²) in [5, 5.41) is 3.63. The van der Waals surface area contributed by atoms with Crippen molar-refractivity contribution in [3.8, 4) is 0 Å². The quantitative estimate of drug-likeness (QED) is 0.757. The highest BCUT2D eigenvalue weighted by Crippen LogP contribution is 2.23. The lowest BCUT2D eigenvalue weighted by molar-refractivity contribution is 0.246. The summed E-state index contributed by atoms with van der Waals surface area (Å²) in [4.78, 5) is 15.9. The Labute approximate surface area is 81.2 Å². The van der Waals surface area contributed by atoms with Crippen molar-refractivity contribution in [3.63, 3.8) is 0 Å². The van der Waals surface area contributed by atoms with Crippen LogP contribution in [0.1, 0.15) is 28.5 Å². The fourth-order valence-electron chi connectivity index (χ4n) is 1.23. The van der Waals surface area contributed by atoms with Gasteiger partial charge in [0.05, 0.1) is 16.7 Å². The number of urea groups is 1. The van der Waals surface area contributed by atoms with E-state index in [-0.39, 0.29) is 6.04 Å². The van der Waals surface area contributed by atoms with Gasteiger partial charge in [-0.05, 0) is 20.8 Å². The Morgan fingerprint density at radius 1 is 1.62 bits per heavy atom. The summed E-state index contributed by atoms with van der Waals surface area (Å²) in [5.74, 6) is 0. The summed E-state index contributed by atoms with van der Waals surface area (Å²) in [6.07, 6.45) is 0. The van der Waals surface area contributed by atoms with Crippen molar-refractivity contribution in [2.24, 2.45) is 5.73 Å². The molecule has 0 saturated carbocycles. The average Bonchev–Trinajstić information content (AvgIpc) is 2.28. The number of hydrogen-bond acceptors (Lipinski definition) is 3. The van der Waals surface area contributed by atoms with Gasteiger partial charge in [0, 0.05) is 4.88 Å². The van der Waals surface area contributed by atoms with E-state index < -0.39 is 6.03 Å². The third-order valence-electron chi connectivity index (χ3n) is 1.69. The molecule has 0 fully saturated rings. The number of nitrogens with two attached hydrogens (primary N) is 1. The standard InChI is InChI=1S/C8H13N3OS/c1-4-7(13-6(3)10-4)5(2)11-8(9)12/h5H,1-3H3,(H3,9,11,12). The molecule has 1 unspecified atom stereocenters.